The van der Waals surface area contributed by atoms with Crippen molar-refractivity contribution in [3.05, 3.63) is 43.3 Å². The number of fused-ring (bicyclic) bond motifs is 1. The number of furan rings is 1. The lowest BCUT2D eigenvalue weighted by atomic mass is 10.4. The van der Waals surface area contributed by atoms with Gasteiger partial charge in [0.25, 0.3) is 5.56 Å². The molecule has 1 aliphatic heterocycles. The molecule has 0 amide bonds. The molecular formula is C11H10N2O2S. The number of hydrogen-bond donors (Lipinski definition) is 0. The minimum atomic E-state index is 0.0373. The number of hydrogen-bond acceptors (Lipinski definition) is 4. The molecule has 0 saturated carbocycles. The van der Waals surface area contributed by atoms with Gasteiger partial charge in [0, 0.05) is 12.6 Å². The van der Waals surface area contributed by atoms with E-state index in [-0.39, 0.29) is 5.56 Å². The van der Waals surface area contributed by atoms with Crippen LogP contribution in [0.15, 0.2) is 26.3 Å². The van der Waals surface area contributed by atoms with Crippen LogP contribution in [-0.2, 0) is 6.54 Å². The molecule has 0 fully saturated rings. The second kappa shape index (κ2) is 3.45. The summed E-state index contributed by atoms with van der Waals surface area (Å²) in [6.07, 6.45) is 1.78. The van der Waals surface area contributed by atoms with Crippen molar-refractivity contribution in [2.75, 3.05) is 6.54 Å². The molecule has 1 aliphatic rings. The maximum Gasteiger partial charge on any atom is 0.270 e. The van der Waals surface area contributed by atoms with Gasteiger partial charge in [-0.3, -0.25) is 14.4 Å². The first-order valence-corrected chi connectivity index (χ1v) is 5.88. The summed E-state index contributed by atoms with van der Waals surface area (Å²) in [5.41, 5.74) is 0.0373. The molecule has 3 heterocycles. The number of aryl methyl sites for hydroxylation is 1. The van der Waals surface area contributed by atoms with Crippen molar-refractivity contribution < 1.29 is 4.42 Å². The molecule has 16 heavy (non-hydrogen) atoms. The topological polar surface area (TPSA) is 47.5 Å². The molecule has 82 valence electrons. The molecule has 0 N–H and O–H groups in total. The zero-order valence-corrected chi connectivity index (χ0v) is 9.58. The maximum atomic E-state index is 11.9. The summed E-state index contributed by atoms with van der Waals surface area (Å²) in [6.45, 7) is 3.31. The standard InChI is InChI=1S/C11H10N2O2S/c1-7-2-3-8(15-7)6-9-10(14)13-5-4-12-11(13)16-9/h2-3,6H,4-5H2,1H3/b9-6+. The van der Waals surface area contributed by atoms with Crippen molar-refractivity contribution >= 4 is 17.4 Å². The normalized spacial score (nSPS) is 15.2. The number of thiazole rings is 1. The molecule has 0 spiro atoms. The lowest BCUT2D eigenvalue weighted by molar-refractivity contribution is 0.525. The highest BCUT2D eigenvalue weighted by Gasteiger charge is 2.09. The Morgan fingerprint density at radius 3 is 3.12 bits per heavy atom. The van der Waals surface area contributed by atoms with Gasteiger partial charge in [0.2, 0.25) is 0 Å². The third-order valence-electron chi connectivity index (χ3n) is 2.49. The molecule has 0 radical (unpaired) electrons. The fourth-order valence-electron chi connectivity index (χ4n) is 1.73. The van der Waals surface area contributed by atoms with Gasteiger partial charge < -0.3 is 4.42 Å². The molecule has 2 aromatic heterocycles. The van der Waals surface area contributed by atoms with Gasteiger partial charge in [-0.2, -0.15) is 0 Å². The molecule has 0 aromatic carbocycles. The minimum absolute atomic E-state index is 0.0373. The summed E-state index contributed by atoms with van der Waals surface area (Å²) in [4.78, 5) is 17.0. The van der Waals surface area contributed by atoms with Crippen molar-refractivity contribution in [2.24, 2.45) is 4.99 Å². The van der Waals surface area contributed by atoms with Gasteiger partial charge in [0.15, 0.2) is 4.80 Å². The number of rotatable bonds is 1. The number of aromatic nitrogens is 1. The van der Waals surface area contributed by atoms with Gasteiger partial charge in [0.05, 0.1) is 11.1 Å². The Balaban J connectivity index is 2.21. The first-order chi connectivity index (χ1) is 7.74. The van der Waals surface area contributed by atoms with Gasteiger partial charge in [-0.1, -0.05) is 11.3 Å². The van der Waals surface area contributed by atoms with Crippen LogP contribution in [0.3, 0.4) is 0 Å². The van der Waals surface area contributed by atoms with Crippen LogP contribution in [-0.4, -0.2) is 11.1 Å². The largest absolute Gasteiger partial charge is 0.462 e. The predicted octanol–water partition coefficient (Wildman–Crippen LogP) is 0.273. The van der Waals surface area contributed by atoms with Crippen LogP contribution >= 0.6 is 11.3 Å². The molecule has 0 saturated heterocycles. The average Bonchev–Trinajstić information content (AvgIpc) is 2.90. The highest BCUT2D eigenvalue weighted by molar-refractivity contribution is 7.07. The average molecular weight is 234 g/mol. The van der Waals surface area contributed by atoms with Crippen LogP contribution in [0, 0.1) is 6.92 Å². The lowest BCUT2D eigenvalue weighted by Gasteiger charge is -1.86. The van der Waals surface area contributed by atoms with Crippen molar-refractivity contribution in [1.29, 1.82) is 0 Å². The second-order valence-corrected chi connectivity index (χ2v) is 4.69. The van der Waals surface area contributed by atoms with Crippen LogP contribution in [0.25, 0.3) is 6.08 Å². The van der Waals surface area contributed by atoms with E-state index in [1.165, 1.54) is 11.3 Å². The third-order valence-corrected chi connectivity index (χ3v) is 3.54. The summed E-state index contributed by atoms with van der Waals surface area (Å²) in [7, 11) is 0. The Morgan fingerprint density at radius 1 is 1.56 bits per heavy atom. The fraction of sp³-hybridized carbons (Fsp3) is 0.273. The molecule has 2 aromatic rings. The van der Waals surface area contributed by atoms with E-state index in [1.807, 2.05) is 19.1 Å². The van der Waals surface area contributed by atoms with Gasteiger partial charge >= 0.3 is 0 Å². The smallest absolute Gasteiger partial charge is 0.270 e. The Kier molecular flexibility index (Phi) is 2.07. The first-order valence-electron chi connectivity index (χ1n) is 5.06. The van der Waals surface area contributed by atoms with Crippen LogP contribution in [0.4, 0.5) is 0 Å². The Labute approximate surface area is 95.2 Å². The Bertz CT molecular complexity index is 705. The summed E-state index contributed by atoms with van der Waals surface area (Å²) < 4.78 is 7.82. The van der Waals surface area contributed by atoms with Crippen molar-refractivity contribution in [2.45, 2.75) is 13.5 Å². The van der Waals surface area contributed by atoms with Crippen LogP contribution in [0.1, 0.15) is 11.5 Å². The van der Waals surface area contributed by atoms with Crippen molar-refractivity contribution in [3.63, 3.8) is 0 Å². The Morgan fingerprint density at radius 2 is 2.44 bits per heavy atom. The zero-order valence-electron chi connectivity index (χ0n) is 8.77. The van der Waals surface area contributed by atoms with Gasteiger partial charge in [0.1, 0.15) is 11.5 Å². The number of nitrogens with zero attached hydrogens (tertiary/aromatic N) is 2. The SMILES string of the molecule is Cc1ccc(/C=c2/sc3n(c2=O)CCN=3)o1. The van der Waals surface area contributed by atoms with Crippen LogP contribution in [0.2, 0.25) is 0 Å². The maximum absolute atomic E-state index is 11.9. The molecule has 0 aliphatic carbocycles. The van der Waals surface area contributed by atoms with Gasteiger partial charge in [-0.05, 0) is 19.1 Å². The molecule has 5 heteroatoms. The van der Waals surface area contributed by atoms with E-state index < -0.39 is 0 Å². The molecule has 0 unspecified atom stereocenters. The summed E-state index contributed by atoms with van der Waals surface area (Å²) in [5, 5.41) is 0. The first kappa shape index (κ1) is 9.59. The molecular weight excluding hydrogens is 224 g/mol. The van der Waals surface area contributed by atoms with Gasteiger partial charge in [-0.25, -0.2) is 0 Å². The van der Waals surface area contributed by atoms with E-state index >= 15 is 0 Å². The van der Waals surface area contributed by atoms with Crippen LogP contribution < -0.4 is 14.9 Å². The molecule has 0 bridgehead atoms. The van der Waals surface area contributed by atoms with E-state index in [9.17, 15) is 4.79 Å². The molecule has 3 rings (SSSR count). The van der Waals surface area contributed by atoms with Gasteiger partial charge in [-0.15, -0.1) is 0 Å². The van der Waals surface area contributed by atoms with Crippen molar-refractivity contribution in [3.8, 4) is 0 Å². The Hall–Kier alpha value is -1.62. The quantitative estimate of drug-likeness (QED) is 0.711. The summed E-state index contributed by atoms with van der Waals surface area (Å²) in [6, 6.07) is 3.75. The highest BCUT2D eigenvalue weighted by Crippen LogP contribution is 2.06. The highest BCUT2D eigenvalue weighted by atomic mass is 32.1. The van der Waals surface area contributed by atoms with E-state index in [2.05, 4.69) is 4.99 Å². The van der Waals surface area contributed by atoms with E-state index in [1.54, 1.807) is 10.6 Å². The van der Waals surface area contributed by atoms with Crippen LogP contribution in [0.5, 0.6) is 0 Å². The second-order valence-electron chi connectivity index (χ2n) is 3.68. The van der Waals surface area contributed by atoms with E-state index in [4.69, 9.17) is 4.42 Å². The third kappa shape index (κ3) is 1.44. The van der Waals surface area contributed by atoms with E-state index in [0.717, 1.165) is 22.9 Å². The molecule has 4 nitrogen and oxygen atoms in total. The molecule has 0 atom stereocenters. The summed E-state index contributed by atoms with van der Waals surface area (Å²) >= 11 is 1.42. The van der Waals surface area contributed by atoms with Crippen molar-refractivity contribution in [1.82, 2.24) is 4.57 Å². The fourth-order valence-corrected chi connectivity index (χ4v) is 2.74. The lowest BCUT2D eigenvalue weighted by Crippen LogP contribution is -2.29. The minimum Gasteiger partial charge on any atom is -0.462 e. The van der Waals surface area contributed by atoms with E-state index in [0.29, 0.717) is 11.1 Å². The zero-order chi connectivity index (χ0) is 11.1. The summed E-state index contributed by atoms with van der Waals surface area (Å²) in [5.74, 6) is 1.57. The monoisotopic (exact) mass is 234 g/mol. The predicted molar refractivity (Wildman–Crippen MR) is 61.2 cm³/mol.